The minimum Gasteiger partial charge on any atom is -0.329 e. The van der Waals surface area contributed by atoms with Crippen LogP contribution < -0.4 is 15.4 Å². The molecule has 11 heteroatoms. The zero-order valence-electron chi connectivity index (χ0n) is 17.1. The Hall–Kier alpha value is -3.21. The zero-order chi connectivity index (χ0) is 21.5. The van der Waals surface area contributed by atoms with Gasteiger partial charge in [0.05, 0.1) is 16.1 Å². The molecule has 2 aromatic carbocycles. The van der Waals surface area contributed by atoms with Crippen molar-refractivity contribution >= 4 is 56.5 Å². The second-order valence-electron chi connectivity index (χ2n) is 6.91. The van der Waals surface area contributed by atoms with Gasteiger partial charge < -0.3 is 10.2 Å². The van der Waals surface area contributed by atoms with E-state index in [2.05, 4.69) is 26.4 Å². The number of nitrogens with zero attached hydrogens (tertiary/aromatic N) is 5. The minimum atomic E-state index is -3.79. The maximum Gasteiger partial charge on any atom is 0.238 e. The van der Waals surface area contributed by atoms with Crippen molar-refractivity contribution < 1.29 is 8.42 Å². The predicted molar refractivity (Wildman–Crippen MR) is 124 cm³/mol. The number of hydrogen-bond acceptors (Lipinski definition) is 7. The smallest absolute Gasteiger partial charge is 0.238 e. The van der Waals surface area contributed by atoms with Gasteiger partial charge in [0.25, 0.3) is 0 Å². The Morgan fingerprint density at radius 3 is 2.65 bits per heavy atom. The van der Waals surface area contributed by atoms with Gasteiger partial charge >= 0.3 is 0 Å². The summed E-state index contributed by atoms with van der Waals surface area (Å²) < 4.78 is 25.0. The van der Waals surface area contributed by atoms with Crippen molar-refractivity contribution in [1.29, 1.82) is 0 Å². The van der Waals surface area contributed by atoms with E-state index in [1.165, 1.54) is 12.1 Å². The summed E-state index contributed by atoms with van der Waals surface area (Å²) in [6.45, 7) is 1.99. The number of nitrogens with one attached hydrogen (secondary N) is 1. The van der Waals surface area contributed by atoms with Crippen molar-refractivity contribution in [3.05, 3.63) is 60.4 Å². The lowest BCUT2D eigenvalue weighted by Gasteiger charge is -2.19. The van der Waals surface area contributed by atoms with Gasteiger partial charge in [-0.05, 0) is 49.4 Å². The van der Waals surface area contributed by atoms with E-state index in [0.717, 1.165) is 22.3 Å². The van der Waals surface area contributed by atoms with Crippen LogP contribution in [0, 0.1) is 6.92 Å². The van der Waals surface area contributed by atoms with E-state index in [4.69, 9.17) is 5.14 Å². The SMILES string of the molecule is Cc1nn(C)c2cc(N(C)c3ccnc(Nc4cccc(S(N)(=O)=O)c4)n3)ccc12.Cl. The van der Waals surface area contributed by atoms with Crippen LogP contribution in [-0.2, 0) is 17.1 Å². The molecule has 0 radical (unpaired) electrons. The summed E-state index contributed by atoms with van der Waals surface area (Å²) in [5, 5.41) is 13.8. The lowest BCUT2D eigenvalue weighted by molar-refractivity contribution is 0.598. The molecule has 0 aliphatic carbocycles. The zero-order valence-corrected chi connectivity index (χ0v) is 18.8. The van der Waals surface area contributed by atoms with Crippen LogP contribution in [0.15, 0.2) is 59.6 Å². The van der Waals surface area contributed by atoms with Crippen molar-refractivity contribution in [3.8, 4) is 0 Å². The van der Waals surface area contributed by atoms with Crippen LogP contribution in [0.4, 0.5) is 23.1 Å². The summed E-state index contributed by atoms with van der Waals surface area (Å²) in [4.78, 5) is 10.7. The maximum atomic E-state index is 11.6. The number of rotatable bonds is 5. The Balaban J connectivity index is 0.00000272. The molecule has 0 aliphatic heterocycles. The van der Waals surface area contributed by atoms with Gasteiger partial charge in [-0.1, -0.05) is 6.07 Å². The molecule has 0 saturated heterocycles. The van der Waals surface area contributed by atoms with Crippen LogP contribution in [-0.4, -0.2) is 35.2 Å². The van der Waals surface area contributed by atoms with Crippen LogP contribution >= 0.6 is 12.4 Å². The first-order valence-corrected chi connectivity index (χ1v) is 10.7. The molecule has 0 amide bonds. The molecule has 2 heterocycles. The van der Waals surface area contributed by atoms with Crippen molar-refractivity contribution in [1.82, 2.24) is 19.7 Å². The molecule has 0 spiro atoms. The molecule has 162 valence electrons. The first-order valence-electron chi connectivity index (χ1n) is 9.12. The topological polar surface area (TPSA) is 119 Å². The molecule has 31 heavy (non-hydrogen) atoms. The van der Waals surface area contributed by atoms with Crippen molar-refractivity contribution in [2.24, 2.45) is 12.2 Å². The van der Waals surface area contributed by atoms with Gasteiger partial charge in [-0.2, -0.15) is 10.1 Å². The lowest BCUT2D eigenvalue weighted by Crippen LogP contribution is -2.13. The molecule has 0 bridgehead atoms. The molecule has 4 aromatic rings. The van der Waals surface area contributed by atoms with Crippen LogP contribution in [0.2, 0.25) is 0 Å². The maximum absolute atomic E-state index is 11.6. The number of aryl methyl sites for hydroxylation is 2. The Kier molecular flexibility index (Phi) is 6.16. The van der Waals surface area contributed by atoms with E-state index in [1.54, 1.807) is 24.4 Å². The van der Waals surface area contributed by atoms with Gasteiger partial charge in [0.15, 0.2) is 0 Å². The number of benzene rings is 2. The number of aromatic nitrogens is 4. The summed E-state index contributed by atoms with van der Waals surface area (Å²) in [5.41, 5.74) is 3.49. The van der Waals surface area contributed by atoms with E-state index in [0.29, 0.717) is 17.5 Å². The van der Waals surface area contributed by atoms with Gasteiger partial charge in [0.1, 0.15) is 5.82 Å². The molecule has 0 aliphatic rings. The number of halogens is 1. The van der Waals surface area contributed by atoms with E-state index in [-0.39, 0.29) is 17.3 Å². The molecule has 9 nitrogen and oxygen atoms in total. The molecule has 2 aromatic heterocycles. The van der Waals surface area contributed by atoms with E-state index >= 15 is 0 Å². The summed E-state index contributed by atoms with van der Waals surface area (Å²) in [6, 6.07) is 14.1. The summed E-state index contributed by atoms with van der Waals surface area (Å²) in [7, 11) is 0.0417. The standard InChI is InChI=1S/C20H21N7O2S.ClH/c1-13-17-8-7-15(12-18(17)27(3)25-13)26(2)19-9-10-22-20(24-19)23-14-5-4-6-16(11-14)30(21,28)29;/h4-12H,1-3H3,(H2,21,28,29)(H,22,23,24);1H. The van der Waals surface area contributed by atoms with Gasteiger partial charge in [0.2, 0.25) is 16.0 Å². The third-order valence-corrected chi connectivity index (χ3v) is 5.72. The number of sulfonamides is 1. The quantitative estimate of drug-likeness (QED) is 0.470. The highest BCUT2D eigenvalue weighted by Gasteiger charge is 2.12. The number of primary sulfonamides is 1. The molecule has 0 saturated carbocycles. The number of fused-ring (bicyclic) bond motifs is 1. The molecule has 0 fully saturated rings. The lowest BCUT2D eigenvalue weighted by atomic mass is 10.2. The average Bonchev–Trinajstić information content (AvgIpc) is 3.00. The van der Waals surface area contributed by atoms with Crippen molar-refractivity contribution in [2.45, 2.75) is 11.8 Å². The monoisotopic (exact) mass is 459 g/mol. The fourth-order valence-corrected chi connectivity index (χ4v) is 3.80. The minimum absolute atomic E-state index is 0. The third-order valence-electron chi connectivity index (χ3n) is 4.81. The van der Waals surface area contributed by atoms with Gasteiger partial charge in [0, 0.05) is 37.1 Å². The third kappa shape index (κ3) is 4.61. The molecule has 0 unspecified atom stereocenters. The van der Waals surface area contributed by atoms with Gasteiger partial charge in [-0.15, -0.1) is 12.4 Å². The number of anilines is 4. The predicted octanol–water partition coefficient (Wildman–Crippen LogP) is 3.25. The second kappa shape index (κ2) is 8.50. The highest BCUT2D eigenvalue weighted by molar-refractivity contribution is 7.89. The fourth-order valence-electron chi connectivity index (χ4n) is 3.24. The van der Waals surface area contributed by atoms with Crippen molar-refractivity contribution in [2.75, 3.05) is 17.3 Å². The summed E-state index contributed by atoms with van der Waals surface area (Å²) in [5.74, 6) is 1.01. The Bertz CT molecular complexity index is 1350. The highest BCUT2D eigenvalue weighted by atomic mass is 35.5. The molecular weight excluding hydrogens is 438 g/mol. The molecule has 0 atom stereocenters. The van der Waals surface area contributed by atoms with Gasteiger partial charge in [-0.25, -0.2) is 18.5 Å². The van der Waals surface area contributed by atoms with Crippen LogP contribution in [0.1, 0.15) is 5.69 Å². The second-order valence-corrected chi connectivity index (χ2v) is 8.47. The van der Waals surface area contributed by atoms with Crippen LogP contribution in [0.3, 0.4) is 0 Å². The molecule has 3 N–H and O–H groups in total. The number of hydrogen-bond donors (Lipinski definition) is 2. The van der Waals surface area contributed by atoms with E-state index in [1.807, 2.05) is 42.7 Å². The van der Waals surface area contributed by atoms with Crippen LogP contribution in [0.5, 0.6) is 0 Å². The van der Waals surface area contributed by atoms with Crippen molar-refractivity contribution in [3.63, 3.8) is 0 Å². The Morgan fingerprint density at radius 2 is 1.90 bits per heavy atom. The molecular formula is C20H22ClN7O2S. The number of nitrogens with two attached hydrogens (primary N) is 1. The van der Waals surface area contributed by atoms with E-state index < -0.39 is 10.0 Å². The molecule has 4 rings (SSSR count). The van der Waals surface area contributed by atoms with Crippen LogP contribution in [0.25, 0.3) is 10.9 Å². The normalized spacial score (nSPS) is 11.2. The summed E-state index contributed by atoms with van der Waals surface area (Å²) in [6.07, 6.45) is 1.64. The van der Waals surface area contributed by atoms with E-state index in [9.17, 15) is 8.42 Å². The Labute approximate surface area is 186 Å². The average molecular weight is 460 g/mol. The first-order chi connectivity index (χ1) is 14.2. The highest BCUT2D eigenvalue weighted by Crippen LogP contribution is 2.28. The Morgan fingerprint density at radius 1 is 1.13 bits per heavy atom. The van der Waals surface area contributed by atoms with Gasteiger partial charge in [-0.3, -0.25) is 4.68 Å². The fraction of sp³-hybridized carbons (Fsp3) is 0.150. The first kappa shape index (κ1) is 22.5. The summed E-state index contributed by atoms with van der Waals surface area (Å²) >= 11 is 0. The largest absolute Gasteiger partial charge is 0.329 e.